The Hall–Kier alpha value is -0.580. The molecule has 2 rings (SSSR count). The Morgan fingerprint density at radius 3 is 3.00 bits per heavy atom. The molecule has 15 heavy (non-hydrogen) atoms. The molecule has 0 spiro atoms. The third-order valence-corrected chi connectivity index (χ3v) is 2.72. The van der Waals surface area contributed by atoms with Crippen molar-refractivity contribution in [3.63, 3.8) is 0 Å². The van der Waals surface area contributed by atoms with Gasteiger partial charge in [-0.3, -0.25) is 0 Å². The second kappa shape index (κ2) is 5.49. The van der Waals surface area contributed by atoms with Crippen molar-refractivity contribution in [2.24, 2.45) is 5.92 Å². The number of nitrogens with zero attached hydrogens (tertiary/aromatic N) is 1. The van der Waals surface area contributed by atoms with Gasteiger partial charge in [-0.05, 0) is 6.92 Å². The van der Waals surface area contributed by atoms with Crippen LogP contribution in [0, 0.1) is 12.8 Å². The third-order valence-electron chi connectivity index (χ3n) is 2.72. The first-order chi connectivity index (χ1) is 6.79. The quantitative estimate of drug-likeness (QED) is 0.850. The normalized spacial score (nSPS) is 25.2. The molecular weight excluding hydrogens is 216 g/mol. The van der Waals surface area contributed by atoms with E-state index in [1.54, 1.807) is 7.11 Å². The van der Waals surface area contributed by atoms with E-state index in [4.69, 9.17) is 9.26 Å². The maximum Gasteiger partial charge on any atom is 0.137 e. The molecule has 1 aromatic heterocycles. The highest BCUT2D eigenvalue weighted by Gasteiger charge is 2.27. The van der Waals surface area contributed by atoms with Gasteiger partial charge in [0, 0.05) is 38.6 Å². The van der Waals surface area contributed by atoms with Crippen molar-refractivity contribution in [3.05, 3.63) is 17.5 Å². The second-order valence-corrected chi connectivity index (χ2v) is 3.83. The zero-order valence-electron chi connectivity index (χ0n) is 9.03. The molecular formula is C10H17ClN2O2. The lowest BCUT2D eigenvalue weighted by molar-refractivity contribution is 0.0807. The number of hydrogen-bond donors (Lipinski definition) is 1. The fourth-order valence-corrected chi connectivity index (χ4v) is 1.96. The van der Waals surface area contributed by atoms with Crippen molar-refractivity contribution in [3.8, 4) is 0 Å². The van der Waals surface area contributed by atoms with Crippen molar-refractivity contribution in [1.82, 2.24) is 10.5 Å². The van der Waals surface area contributed by atoms with E-state index in [9.17, 15) is 0 Å². The van der Waals surface area contributed by atoms with E-state index in [1.165, 1.54) is 0 Å². The molecule has 1 aliphatic heterocycles. The SMILES string of the molecule is CO[C@H]1CNC[C@H]1Cc1cc(C)no1.Cl. The molecule has 5 heteroatoms. The largest absolute Gasteiger partial charge is 0.380 e. The van der Waals surface area contributed by atoms with Gasteiger partial charge < -0.3 is 14.6 Å². The van der Waals surface area contributed by atoms with Crippen molar-refractivity contribution < 1.29 is 9.26 Å². The van der Waals surface area contributed by atoms with Crippen LogP contribution in [0.3, 0.4) is 0 Å². The first-order valence-corrected chi connectivity index (χ1v) is 4.95. The van der Waals surface area contributed by atoms with Crippen molar-refractivity contribution in [2.75, 3.05) is 20.2 Å². The molecule has 0 unspecified atom stereocenters. The monoisotopic (exact) mass is 232 g/mol. The van der Waals surface area contributed by atoms with Crippen LogP contribution in [0.15, 0.2) is 10.6 Å². The van der Waals surface area contributed by atoms with Gasteiger partial charge in [0.2, 0.25) is 0 Å². The summed E-state index contributed by atoms with van der Waals surface area (Å²) in [5, 5.41) is 7.19. The fraction of sp³-hybridized carbons (Fsp3) is 0.700. The number of methoxy groups -OCH3 is 1. The van der Waals surface area contributed by atoms with Crippen LogP contribution in [0.2, 0.25) is 0 Å². The van der Waals surface area contributed by atoms with Gasteiger partial charge in [-0.15, -0.1) is 12.4 Å². The Bertz CT molecular complexity index is 303. The molecule has 1 aliphatic rings. The van der Waals surface area contributed by atoms with E-state index in [2.05, 4.69) is 10.5 Å². The molecule has 4 nitrogen and oxygen atoms in total. The standard InChI is InChI=1S/C10H16N2O2.ClH/c1-7-3-9(14-12-7)4-8-5-11-6-10(8)13-2;/h3,8,10-11H,4-6H2,1-2H3;1H/t8-,10+;/m1./s1. The van der Waals surface area contributed by atoms with Crippen molar-refractivity contribution in [1.29, 1.82) is 0 Å². The zero-order valence-corrected chi connectivity index (χ0v) is 9.84. The summed E-state index contributed by atoms with van der Waals surface area (Å²) in [6.45, 7) is 3.88. The highest BCUT2D eigenvalue weighted by atomic mass is 35.5. The first kappa shape index (κ1) is 12.5. The summed E-state index contributed by atoms with van der Waals surface area (Å²) in [4.78, 5) is 0. The topological polar surface area (TPSA) is 47.3 Å². The van der Waals surface area contributed by atoms with Crippen molar-refractivity contribution >= 4 is 12.4 Å². The zero-order chi connectivity index (χ0) is 9.97. The number of nitrogens with one attached hydrogen (secondary N) is 1. The van der Waals surface area contributed by atoms with E-state index in [1.807, 2.05) is 13.0 Å². The number of ether oxygens (including phenoxy) is 1. The summed E-state index contributed by atoms with van der Waals surface area (Å²) in [5.41, 5.74) is 0.944. The van der Waals surface area contributed by atoms with Crippen LogP contribution >= 0.6 is 12.4 Å². The van der Waals surface area contributed by atoms with Gasteiger partial charge in [-0.25, -0.2) is 0 Å². The van der Waals surface area contributed by atoms with Gasteiger partial charge in [0.1, 0.15) is 5.76 Å². The van der Waals surface area contributed by atoms with E-state index in [0.717, 1.165) is 31.0 Å². The van der Waals surface area contributed by atoms with E-state index in [-0.39, 0.29) is 12.4 Å². The van der Waals surface area contributed by atoms with Gasteiger partial charge in [0.05, 0.1) is 11.8 Å². The lowest BCUT2D eigenvalue weighted by Gasteiger charge is -2.14. The van der Waals surface area contributed by atoms with Crippen LogP contribution in [0.4, 0.5) is 0 Å². The van der Waals surface area contributed by atoms with Gasteiger partial charge >= 0.3 is 0 Å². The van der Waals surface area contributed by atoms with Crippen molar-refractivity contribution in [2.45, 2.75) is 19.4 Å². The summed E-state index contributed by atoms with van der Waals surface area (Å²) in [7, 11) is 1.76. The maximum atomic E-state index is 5.38. The molecule has 0 bridgehead atoms. The minimum absolute atomic E-state index is 0. The van der Waals surface area contributed by atoms with Crippen LogP contribution in [0.5, 0.6) is 0 Å². The summed E-state index contributed by atoms with van der Waals surface area (Å²) in [5.74, 6) is 1.46. The summed E-state index contributed by atoms with van der Waals surface area (Å²) >= 11 is 0. The van der Waals surface area contributed by atoms with Crippen LogP contribution in [-0.2, 0) is 11.2 Å². The van der Waals surface area contributed by atoms with Gasteiger partial charge in [-0.1, -0.05) is 5.16 Å². The number of aryl methyl sites for hydroxylation is 1. The Balaban J connectivity index is 0.00000112. The van der Waals surface area contributed by atoms with E-state index in [0.29, 0.717) is 12.0 Å². The first-order valence-electron chi connectivity index (χ1n) is 4.95. The van der Waals surface area contributed by atoms with Crippen LogP contribution < -0.4 is 5.32 Å². The number of halogens is 1. The minimum Gasteiger partial charge on any atom is -0.380 e. The fourth-order valence-electron chi connectivity index (χ4n) is 1.96. The molecule has 86 valence electrons. The third kappa shape index (κ3) is 2.93. The molecule has 0 aliphatic carbocycles. The predicted molar refractivity (Wildman–Crippen MR) is 59.3 cm³/mol. The Morgan fingerprint density at radius 1 is 1.60 bits per heavy atom. The smallest absolute Gasteiger partial charge is 0.137 e. The molecule has 0 radical (unpaired) electrons. The molecule has 1 aromatic rings. The van der Waals surface area contributed by atoms with Crippen LogP contribution in [-0.4, -0.2) is 31.5 Å². The van der Waals surface area contributed by atoms with Gasteiger partial charge in [-0.2, -0.15) is 0 Å². The highest BCUT2D eigenvalue weighted by Crippen LogP contribution is 2.18. The maximum absolute atomic E-state index is 5.38. The molecule has 1 fully saturated rings. The summed E-state index contributed by atoms with van der Waals surface area (Å²) in [6, 6.07) is 1.99. The molecule has 0 aromatic carbocycles. The average molecular weight is 233 g/mol. The molecule has 2 atom stereocenters. The molecule has 0 saturated carbocycles. The lowest BCUT2D eigenvalue weighted by Crippen LogP contribution is -2.22. The summed E-state index contributed by atoms with van der Waals surface area (Å²) in [6.07, 6.45) is 1.22. The Kier molecular flexibility index (Phi) is 4.57. The van der Waals surface area contributed by atoms with E-state index >= 15 is 0 Å². The second-order valence-electron chi connectivity index (χ2n) is 3.83. The highest BCUT2D eigenvalue weighted by molar-refractivity contribution is 5.85. The lowest BCUT2D eigenvalue weighted by atomic mass is 10.0. The van der Waals surface area contributed by atoms with Gasteiger partial charge in [0.15, 0.2) is 0 Å². The summed E-state index contributed by atoms with van der Waals surface area (Å²) < 4.78 is 10.6. The van der Waals surface area contributed by atoms with Crippen LogP contribution in [0.25, 0.3) is 0 Å². The number of aromatic nitrogens is 1. The van der Waals surface area contributed by atoms with E-state index < -0.39 is 0 Å². The number of hydrogen-bond acceptors (Lipinski definition) is 4. The Morgan fingerprint density at radius 2 is 2.40 bits per heavy atom. The molecule has 0 amide bonds. The minimum atomic E-state index is 0. The average Bonchev–Trinajstić information content (AvgIpc) is 2.76. The molecule has 1 N–H and O–H groups in total. The molecule has 1 saturated heterocycles. The predicted octanol–water partition coefficient (Wildman–Crippen LogP) is 1.18. The number of rotatable bonds is 3. The van der Waals surface area contributed by atoms with Gasteiger partial charge in [0.25, 0.3) is 0 Å². The molecule has 2 heterocycles. The Labute approximate surface area is 95.8 Å². The van der Waals surface area contributed by atoms with Crippen LogP contribution in [0.1, 0.15) is 11.5 Å².